The molecule has 2 amide bonds. The predicted octanol–water partition coefficient (Wildman–Crippen LogP) is -1.60. The van der Waals surface area contributed by atoms with Gasteiger partial charge >= 0.3 is 17.1 Å². The van der Waals surface area contributed by atoms with E-state index in [0.717, 1.165) is 32.7 Å². The van der Waals surface area contributed by atoms with Crippen LogP contribution < -0.4 is 33.0 Å². The van der Waals surface area contributed by atoms with Crippen LogP contribution >= 0.6 is 34.9 Å². The number of aromatic nitrogens is 3. The molecule has 218 valence electrons. The van der Waals surface area contributed by atoms with E-state index in [-0.39, 0.29) is 57.0 Å². The van der Waals surface area contributed by atoms with Gasteiger partial charge in [-0.15, -0.1) is 27.8 Å². The highest BCUT2D eigenvalue weighted by molar-refractivity contribution is 8.01. The van der Waals surface area contributed by atoms with Crippen LogP contribution in [0.5, 0.6) is 0 Å². The Kier molecular flexibility index (Phi) is 8.73. The summed E-state index contributed by atoms with van der Waals surface area (Å²) in [5.41, 5.74) is 17.2. The number of nitrogens with two attached hydrogens (primary N) is 4. The zero-order valence-corrected chi connectivity index (χ0v) is 23.7. The Hall–Kier alpha value is -4.30. The summed E-state index contributed by atoms with van der Waals surface area (Å²) in [6.07, 6.45) is -1.24. The van der Waals surface area contributed by atoms with Crippen LogP contribution in [0.25, 0.3) is 0 Å². The van der Waals surface area contributed by atoms with Crippen molar-refractivity contribution in [1.29, 1.82) is 0 Å². The number of fused-ring (bicyclic) bond motifs is 1. The highest BCUT2D eigenvalue weighted by Gasteiger charge is 2.54. The summed E-state index contributed by atoms with van der Waals surface area (Å²) in [4.78, 5) is 63.8. The maximum Gasteiger partial charge on any atom is 0.352 e. The molecule has 1 fully saturated rings. The van der Waals surface area contributed by atoms with Gasteiger partial charge < -0.3 is 37.6 Å². The number of hydrogen-bond donors (Lipinski definition) is 7. The van der Waals surface area contributed by atoms with Gasteiger partial charge in [0.05, 0.1) is 12.5 Å². The zero-order chi connectivity index (χ0) is 30.0. The van der Waals surface area contributed by atoms with E-state index >= 15 is 0 Å². The SMILES string of the molecule is CC(CC(=O)O)O/N=C(\C(=O)NC1C(=O)N2C(C(=O)O)=C(CSc3nc(N)cc(N)[n+]3N)CS[C@H]12)c1csc(N)n1. The molecule has 0 aliphatic carbocycles. The van der Waals surface area contributed by atoms with Crippen molar-refractivity contribution in [2.75, 3.05) is 34.5 Å². The number of oxime groups is 1. The lowest BCUT2D eigenvalue weighted by Crippen LogP contribution is -2.71. The van der Waals surface area contributed by atoms with Crippen LogP contribution in [0.3, 0.4) is 0 Å². The van der Waals surface area contributed by atoms with Crippen molar-refractivity contribution in [3.63, 3.8) is 0 Å². The van der Waals surface area contributed by atoms with Crippen LogP contribution in [-0.2, 0) is 24.0 Å². The molecule has 3 atom stereocenters. The second-order valence-corrected chi connectivity index (χ2v) is 11.6. The molecule has 20 heteroatoms. The summed E-state index contributed by atoms with van der Waals surface area (Å²) in [7, 11) is 0. The minimum atomic E-state index is -1.31. The molecular formula is C21H25N10O7S3+. The van der Waals surface area contributed by atoms with E-state index < -0.39 is 41.3 Å². The van der Waals surface area contributed by atoms with Gasteiger partial charge in [-0.05, 0) is 24.3 Å². The number of thioether (sulfide) groups is 2. The number of carbonyl (C=O) groups excluding carboxylic acids is 2. The number of amides is 2. The molecule has 2 aliphatic rings. The first-order chi connectivity index (χ1) is 19.4. The molecule has 2 aromatic heterocycles. The van der Waals surface area contributed by atoms with Gasteiger partial charge in [-0.3, -0.25) is 25.1 Å². The van der Waals surface area contributed by atoms with Crippen LogP contribution in [0, 0.1) is 0 Å². The third-order valence-electron chi connectivity index (χ3n) is 5.68. The number of thiazole rings is 1. The van der Waals surface area contributed by atoms with Gasteiger partial charge in [0.1, 0.15) is 28.9 Å². The number of hydrogen-bond acceptors (Lipinski definition) is 15. The molecule has 0 spiro atoms. The Morgan fingerprint density at radius 2 is 2.05 bits per heavy atom. The number of aliphatic carboxylic acids is 2. The molecule has 41 heavy (non-hydrogen) atoms. The Morgan fingerprint density at radius 3 is 2.68 bits per heavy atom. The number of carboxylic acid groups (broad SMARTS) is 2. The van der Waals surface area contributed by atoms with E-state index in [9.17, 15) is 24.3 Å². The van der Waals surface area contributed by atoms with Crippen molar-refractivity contribution in [2.45, 2.75) is 36.0 Å². The molecule has 4 rings (SSSR count). The first-order valence-electron chi connectivity index (χ1n) is 11.6. The maximum absolute atomic E-state index is 13.2. The normalized spacial score (nSPS) is 19.3. The molecular weight excluding hydrogens is 600 g/mol. The van der Waals surface area contributed by atoms with Crippen molar-refractivity contribution >= 4 is 81.1 Å². The molecule has 2 aromatic rings. The number of nitrogens with zero attached hydrogens (tertiary/aromatic N) is 5. The van der Waals surface area contributed by atoms with Gasteiger partial charge in [0, 0.05) is 16.9 Å². The van der Waals surface area contributed by atoms with Crippen molar-refractivity contribution in [3.8, 4) is 0 Å². The Labute approximate surface area is 243 Å². The number of rotatable bonds is 11. The number of anilines is 3. The van der Waals surface area contributed by atoms with Crippen LogP contribution in [0.4, 0.5) is 16.8 Å². The molecule has 0 bridgehead atoms. The lowest BCUT2D eigenvalue weighted by molar-refractivity contribution is -0.667. The summed E-state index contributed by atoms with van der Waals surface area (Å²) < 4.78 is 1.11. The number of nitrogens with one attached hydrogen (secondary N) is 1. The predicted molar refractivity (Wildman–Crippen MR) is 150 cm³/mol. The molecule has 2 aliphatic heterocycles. The average molecular weight is 626 g/mol. The highest BCUT2D eigenvalue weighted by atomic mass is 32.2. The second kappa shape index (κ2) is 12.1. The summed E-state index contributed by atoms with van der Waals surface area (Å²) in [6.45, 7) is 1.45. The van der Waals surface area contributed by atoms with E-state index in [2.05, 4.69) is 20.4 Å². The minimum absolute atomic E-state index is 0.0609. The first kappa shape index (κ1) is 29.7. The molecule has 17 nitrogen and oxygen atoms in total. The third-order valence-corrected chi connectivity index (χ3v) is 8.73. The van der Waals surface area contributed by atoms with Crippen LogP contribution in [-0.4, -0.2) is 83.6 Å². The Balaban J connectivity index is 1.51. The summed E-state index contributed by atoms with van der Waals surface area (Å²) in [5, 5.41) is 26.4. The second-order valence-electron chi connectivity index (χ2n) is 8.69. The highest BCUT2D eigenvalue weighted by Crippen LogP contribution is 2.41. The fourth-order valence-corrected chi connectivity index (χ4v) is 6.79. The van der Waals surface area contributed by atoms with Crippen LogP contribution in [0.15, 0.2) is 33.0 Å². The van der Waals surface area contributed by atoms with Gasteiger partial charge in [0.2, 0.25) is 11.6 Å². The smallest absolute Gasteiger partial charge is 0.352 e. The van der Waals surface area contributed by atoms with Gasteiger partial charge in [-0.25, -0.2) is 9.78 Å². The quantitative estimate of drug-likeness (QED) is 0.0282. The van der Waals surface area contributed by atoms with E-state index in [1.54, 1.807) is 0 Å². The van der Waals surface area contributed by atoms with Gasteiger partial charge in [0.25, 0.3) is 11.8 Å². The number of carboxylic acids is 2. The van der Waals surface area contributed by atoms with E-state index in [1.165, 1.54) is 30.1 Å². The molecule has 2 unspecified atom stereocenters. The zero-order valence-electron chi connectivity index (χ0n) is 21.2. The summed E-state index contributed by atoms with van der Waals surface area (Å²) in [5.74, 6) is 2.63. The molecule has 4 heterocycles. The number of β-lactam (4-membered cyclic amide) rings is 1. The van der Waals surface area contributed by atoms with Crippen molar-refractivity contribution in [3.05, 3.63) is 28.4 Å². The van der Waals surface area contributed by atoms with Crippen LogP contribution in [0.1, 0.15) is 19.0 Å². The lowest BCUT2D eigenvalue weighted by atomic mass is 10.0. The summed E-state index contributed by atoms with van der Waals surface area (Å²) >= 11 is 3.39. The fraction of sp³-hybridized carbons (Fsp3) is 0.333. The van der Waals surface area contributed by atoms with E-state index in [4.69, 9.17) is 33.0 Å². The number of carbonyl (C=O) groups is 4. The topological polar surface area (TPSA) is 279 Å². The van der Waals surface area contributed by atoms with Gasteiger partial charge in [-0.2, -0.15) is 0 Å². The first-order valence-corrected chi connectivity index (χ1v) is 14.5. The molecule has 0 radical (unpaired) electrons. The van der Waals surface area contributed by atoms with Crippen molar-refractivity contribution in [2.24, 2.45) is 5.16 Å². The molecule has 0 aromatic carbocycles. The monoisotopic (exact) mass is 625 g/mol. The Morgan fingerprint density at radius 1 is 1.32 bits per heavy atom. The van der Waals surface area contributed by atoms with Gasteiger partial charge in [0.15, 0.2) is 10.8 Å². The average Bonchev–Trinajstić information content (AvgIpc) is 3.33. The van der Waals surface area contributed by atoms with Crippen LogP contribution in [0.2, 0.25) is 0 Å². The third kappa shape index (κ3) is 6.38. The van der Waals surface area contributed by atoms with Crippen molar-refractivity contribution in [1.82, 2.24) is 20.2 Å². The van der Waals surface area contributed by atoms with Crippen molar-refractivity contribution < 1.29 is 38.9 Å². The van der Waals surface area contributed by atoms with E-state index in [0.29, 0.717) is 5.57 Å². The number of nitrogen functional groups attached to an aromatic ring is 4. The van der Waals surface area contributed by atoms with Gasteiger partial charge in [-0.1, -0.05) is 10.1 Å². The maximum atomic E-state index is 13.2. The molecule has 1 saturated heterocycles. The minimum Gasteiger partial charge on any atom is -0.481 e. The fourth-order valence-electron chi connectivity index (χ4n) is 3.81. The molecule has 11 N–H and O–H groups in total. The standard InChI is InChI=1S/C21H24N10O7S3/c1-7(2-12(32)33)38-29-13(9-6-40-20(24)26-9)16(34)28-14-17(35)30-15(19(36)37)8(4-39-18(14)30)5-41-21-27-10(22)3-11(23)31(21)25/h3,6-7,14,18H,2,4-5,25H2,1H3,(H8,22,23,24,26,28,32,33,34,36,37)/p+1/b29-13-/t7?,14?,18-/m1/s1. The summed E-state index contributed by atoms with van der Waals surface area (Å²) in [6, 6.07) is 0.304. The largest absolute Gasteiger partial charge is 0.481 e. The van der Waals surface area contributed by atoms with E-state index in [1.807, 2.05) is 0 Å². The Bertz CT molecular complexity index is 1480. The molecule has 0 saturated carbocycles. The lowest BCUT2D eigenvalue weighted by Gasteiger charge is -2.49.